The van der Waals surface area contributed by atoms with Gasteiger partial charge in [0.15, 0.2) is 0 Å². The molecule has 1 saturated carbocycles. The van der Waals surface area contributed by atoms with Gasteiger partial charge < -0.3 is 0 Å². The van der Waals surface area contributed by atoms with Crippen molar-refractivity contribution in [1.82, 2.24) is 20.0 Å². The largest absolute Gasteiger partial charge is 0.264 e. The van der Waals surface area contributed by atoms with Gasteiger partial charge in [0.1, 0.15) is 0 Å². The van der Waals surface area contributed by atoms with Gasteiger partial charge in [0.05, 0.1) is 11.2 Å². The normalized spacial score (nSPS) is 17.4. The van der Waals surface area contributed by atoms with Crippen LogP contribution < -0.4 is 0 Å². The van der Waals surface area contributed by atoms with Gasteiger partial charge in [0.2, 0.25) is 0 Å². The monoisotopic (exact) mass is 228 g/mol. The molecule has 1 aliphatic carbocycles. The molecule has 4 heteroatoms. The van der Waals surface area contributed by atoms with E-state index in [0.29, 0.717) is 5.92 Å². The summed E-state index contributed by atoms with van der Waals surface area (Å²) in [7, 11) is 0. The number of nitrogens with zero attached hydrogens (tertiary/aromatic N) is 4. The van der Waals surface area contributed by atoms with Crippen molar-refractivity contribution in [2.45, 2.75) is 38.1 Å². The maximum atomic E-state index is 4.29. The highest BCUT2D eigenvalue weighted by Gasteiger charge is 2.47. The van der Waals surface area contributed by atoms with Crippen LogP contribution >= 0.6 is 0 Å². The van der Waals surface area contributed by atoms with E-state index in [4.69, 9.17) is 0 Å². The molecule has 2 heterocycles. The van der Waals surface area contributed by atoms with E-state index in [1.54, 1.807) is 6.20 Å². The standard InChI is InChI=1S/C13H16N4/c1-10(2)12-9-17(16-15-12)13(5-6-13)11-4-3-7-14-8-11/h3-4,7-10H,5-6H2,1-2H3. The summed E-state index contributed by atoms with van der Waals surface area (Å²) in [6.45, 7) is 4.27. The highest BCUT2D eigenvalue weighted by Crippen LogP contribution is 2.48. The minimum atomic E-state index is 0.0222. The molecule has 0 aliphatic heterocycles. The van der Waals surface area contributed by atoms with E-state index in [1.807, 2.05) is 16.9 Å². The van der Waals surface area contributed by atoms with E-state index < -0.39 is 0 Å². The van der Waals surface area contributed by atoms with Crippen LogP contribution in [0.5, 0.6) is 0 Å². The lowest BCUT2D eigenvalue weighted by molar-refractivity contribution is 0.489. The van der Waals surface area contributed by atoms with Gasteiger partial charge in [0.25, 0.3) is 0 Å². The van der Waals surface area contributed by atoms with Crippen molar-refractivity contribution >= 4 is 0 Å². The Balaban J connectivity index is 1.98. The Kier molecular flexibility index (Phi) is 2.24. The third kappa shape index (κ3) is 1.64. The first-order valence-corrected chi connectivity index (χ1v) is 6.05. The molecule has 88 valence electrons. The Bertz CT molecular complexity index is 511. The molecule has 3 rings (SSSR count). The van der Waals surface area contributed by atoms with Crippen LogP contribution in [0.25, 0.3) is 0 Å². The molecule has 0 spiro atoms. The SMILES string of the molecule is CC(C)c1cn(C2(c3cccnc3)CC2)nn1. The van der Waals surface area contributed by atoms with Crippen molar-refractivity contribution in [2.75, 3.05) is 0 Å². The summed E-state index contributed by atoms with van der Waals surface area (Å²) >= 11 is 0. The fourth-order valence-electron chi connectivity index (χ4n) is 2.16. The first-order chi connectivity index (χ1) is 8.22. The Morgan fingerprint density at radius 2 is 2.18 bits per heavy atom. The molecule has 1 fully saturated rings. The minimum Gasteiger partial charge on any atom is -0.264 e. The average Bonchev–Trinajstić information content (AvgIpc) is 3.00. The van der Waals surface area contributed by atoms with Crippen LogP contribution in [0.15, 0.2) is 30.7 Å². The van der Waals surface area contributed by atoms with Gasteiger partial charge >= 0.3 is 0 Å². The summed E-state index contributed by atoms with van der Waals surface area (Å²) < 4.78 is 2.01. The second kappa shape index (κ2) is 3.65. The summed E-state index contributed by atoms with van der Waals surface area (Å²) in [6, 6.07) is 4.10. The number of aromatic nitrogens is 4. The van der Waals surface area contributed by atoms with Crippen molar-refractivity contribution in [3.8, 4) is 0 Å². The zero-order chi connectivity index (χ0) is 11.9. The maximum Gasteiger partial charge on any atom is 0.0910 e. The van der Waals surface area contributed by atoms with E-state index in [0.717, 1.165) is 18.5 Å². The Hall–Kier alpha value is -1.71. The maximum absolute atomic E-state index is 4.29. The first kappa shape index (κ1) is 10.4. The average molecular weight is 228 g/mol. The van der Waals surface area contributed by atoms with Gasteiger partial charge in [-0.2, -0.15) is 0 Å². The Morgan fingerprint density at radius 1 is 1.35 bits per heavy atom. The van der Waals surface area contributed by atoms with Crippen molar-refractivity contribution in [1.29, 1.82) is 0 Å². The van der Waals surface area contributed by atoms with Gasteiger partial charge in [-0.3, -0.25) is 4.98 Å². The van der Waals surface area contributed by atoms with Crippen LogP contribution in [0.1, 0.15) is 43.9 Å². The smallest absolute Gasteiger partial charge is 0.0910 e. The molecule has 0 unspecified atom stereocenters. The molecule has 4 nitrogen and oxygen atoms in total. The van der Waals surface area contributed by atoms with Crippen molar-refractivity contribution in [3.05, 3.63) is 42.0 Å². The molecule has 0 radical (unpaired) electrons. The number of pyridine rings is 1. The topological polar surface area (TPSA) is 43.6 Å². The fraction of sp³-hybridized carbons (Fsp3) is 0.462. The molecule has 0 aromatic carbocycles. The quantitative estimate of drug-likeness (QED) is 0.809. The second-order valence-electron chi connectivity index (χ2n) is 5.02. The number of hydrogen-bond donors (Lipinski definition) is 0. The Morgan fingerprint density at radius 3 is 2.71 bits per heavy atom. The van der Waals surface area contributed by atoms with Crippen LogP contribution in [0, 0.1) is 0 Å². The zero-order valence-electron chi connectivity index (χ0n) is 10.2. The van der Waals surface area contributed by atoms with E-state index in [2.05, 4.69) is 41.4 Å². The van der Waals surface area contributed by atoms with Crippen molar-refractivity contribution in [3.63, 3.8) is 0 Å². The van der Waals surface area contributed by atoms with Crippen LogP contribution in [0.4, 0.5) is 0 Å². The summed E-state index contributed by atoms with van der Waals surface area (Å²) in [5.41, 5.74) is 2.31. The lowest BCUT2D eigenvalue weighted by Gasteiger charge is -2.14. The molecule has 2 aromatic heterocycles. The molecule has 1 aliphatic rings. The predicted octanol–water partition coefficient (Wildman–Crippen LogP) is 2.33. The van der Waals surface area contributed by atoms with Gasteiger partial charge in [-0.15, -0.1) is 5.10 Å². The third-order valence-corrected chi connectivity index (χ3v) is 3.46. The Labute approximate surface area is 101 Å². The summed E-state index contributed by atoms with van der Waals surface area (Å²) in [4.78, 5) is 4.20. The molecule has 0 amide bonds. The highest BCUT2D eigenvalue weighted by molar-refractivity contribution is 5.28. The highest BCUT2D eigenvalue weighted by atomic mass is 15.5. The van der Waals surface area contributed by atoms with Gasteiger partial charge in [-0.1, -0.05) is 25.1 Å². The van der Waals surface area contributed by atoms with Crippen LogP contribution in [0.2, 0.25) is 0 Å². The van der Waals surface area contributed by atoms with E-state index in [-0.39, 0.29) is 5.54 Å². The van der Waals surface area contributed by atoms with E-state index >= 15 is 0 Å². The number of rotatable bonds is 3. The fourth-order valence-corrected chi connectivity index (χ4v) is 2.16. The molecule has 0 saturated heterocycles. The van der Waals surface area contributed by atoms with Crippen LogP contribution in [-0.2, 0) is 5.54 Å². The predicted molar refractivity (Wildman–Crippen MR) is 64.7 cm³/mol. The third-order valence-electron chi connectivity index (χ3n) is 3.46. The minimum absolute atomic E-state index is 0.0222. The van der Waals surface area contributed by atoms with E-state index in [1.165, 1.54) is 5.56 Å². The molecule has 2 aromatic rings. The van der Waals surface area contributed by atoms with Crippen LogP contribution in [0.3, 0.4) is 0 Å². The molecule has 0 bridgehead atoms. The van der Waals surface area contributed by atoms with Gasteiger partial charge in [0, 0.05) is 18.6 Å². The summed E-state index contributed by atoms with van der Waals surface area (Å²) in [5.74, 6) is 0.424. The molecule has 0 N–H and O–H groups in total. The second-order valence-corrected chi connectivity index (χ2v) is 5.02. The molecular weight excluding hydrogens is 212 g/mol. The first-order valence-electron chi connectivity index (χ1n) is 6.05. The molecule has 0 atom stereocenters. The van der Waals surface area contributed by atoms with Gasteiger partial charge in [-0.05, 0) is 30.4 Å². The zero-order valence-corrected chi connectivity index (χ0v) is 10.2. The van der Waals surface area contributed by atoms with Crippen molar-refractivity contribution in [2.24, 2.45) is 0 Å². The summed E-state index contributed by atoms with van der Waals surface area (Å²) in [5, 5.41) is 8.53. The van der Waals surface area contributed by atoms with Crippen LogP contribution in [-0.4, -0.2) is 20.0 Å². The molecule has 17 heavy (non-hydrogen) atoms. The lowest BCUT2D eigenvalue weighted by atomic mass is 10.1. The van der Waals surface area contributed by atoms with E-state index in [9.17, 15) is 0 Å². The van der Waals surface area contributed by atoms with Gasteiger partial charge in [-0.25, -0.2) is 4.68 Å². The number of hydrogen-bond acceptors (Lipinski definition) is 3. The molecular formula is C13H16N4. The van der Waals surface area contributed by atoms with Crippen molar-refractivity contribution < 1.29 is 0 Å². The summed E-state index contributed by atoms with van der Waals surface area (Å²) in [6.07, 6.45) is 8.06. The lowest BCUT2D eigenvalue weighted by Crippen LogP contribution is -2.19.